The average Bonchev–Trinajstić information content (AvgIpc) is 3.47. The Morgan fingerprint density at radius 2 is 1.88 bits per heavy atom. The first-order chi connectivity index (χ1) is 12.6. The zero-order chi connectivity index (χ0) is 18.1. The van der Waals surface area contributed by atoms with Gasteiger partial charge in [0.15, 0.2) is 0 Å². The second-order valence-electron chi connectivity index (χ2n) is 6.87. The average molecular weight is 347 g/mol. The monoisotopic (exact) mass is 347 g/mol. The number of rotatable bonds is 5. The lowest BCUT2D eigenvalue weighted by molar-refractivity contribution is -0.116. The lowest BCUT2D eigenvalue weighted by Crippen LogP contribution is -2.25. The summed E-state index contributed by atoms with van der Waals surface area (Å²) in [5.41, 5.74) is 2.64. The van der Waals surface area contributed by atoms with Crippen LogP contribution in [0.4, 0.5) is 5.69 Å². The third-order valence-corrected chi connectivity index (χ3v) is 4.70. The highest BCUT2D eigenvalue weighted by atomic mass is 16.1. The van der Waals surface area contributed by atoms with Crippen molar-refractivity contribution in [3.63, 3.8) is 0 Å². The van der Waals surface area contributed by atoms with Crippen LogP contribution in [0.5, 0.6) is 0 Å². The van der Waals surface area contributed by atoms with Crippen molar-refractivity contribution in [2.24, 2.45) is 0 Å². The van der Waals surface area contributed by atoms with E-state index in [9.17, 15) is 9.59 Å². The van der Waals surface area contributed by atoms with Gasteiger partial charge in [0.1, 0.15) is 5.82 Å². The molecular formula is C21H21N3O2. The van der Waals surface area contributed by atoms with Gasteiger partial charge < -0.3 is 5.32 Å². The van der Waals surface area contributed by atoms with Crippen LogP contribution in [0.25, 0.3) is 10.9 Å². The molecule has 0 aliphatic heterocycles. The molecular weight excluding hydrogens is 326 g/mol. The second-order valence-corrected chi connectivity index (χ2v) is 6.87. The molecule has 2 aromatic carbocycles. The lowest BCUT2D eigenvalue weighted by Gasteiger charge is -2.13. The Kier molecular flexibility index (Phi) is 4.29. The smallest absolute Gasteiger partial charge is 0.261 e. The zero-order valence-corrected chi connectivity index (χ0v) is 14.7. The molecule has 1 amide bonds. The van der Waals surface area contributed by atoms with Gasteiger partial charge in [0, 0.05) is 24.6 Å². The topological polar surface area (TPSA) is 64.0 Å². The Balaban J connectivity index is 1.55. The number of hydrogen-bond acceptors (Lipinski definition) is 3. The number of aromatic nitrogens is 2. The molecule has 0 radical (unpaired) electrons. The van der Waals surface area contributed by atoms with E-state index in [2.05, 4.69) is 10.3 Å². The van der Waals surface area contributed by atoms with Gasteiger partial charge in [-0.3, -0.25) is 14.2 Å². The molecule has 132 valence electrons. The summed E-state index contributed by atoms with van der Waals surface area (Å²) >= 11 is 0. The van der Waals surface area contributed by atoms with E-state index in [0.717, 1.165) is 24.1 Å². The molecule has 1 aromatic heterocycles. The summed E-state index contributed by atoms with van der Waals surface area (Å²) in [6.07, 6.45) is 2.75. The maximum atomic E-state index is 12.8. The molecule has 1 aliphatic carbocycles. The standard InChI is InChI=1S/C21H21N3O2/c1-14-6-8-15(9-7-14)22-20(25)13-12-19-23-18-5-3-2-4-17(18)21(26)24(19)16-10-11-16/h2-9,16H,10-13H2,1H3,(H,22,25). The number of hydrogen-bond donors (Lipinski definition) is 1. The predicted molar refractivity (Wildman–Crippen MR) is 102 cm³/mol. The summed E-state index contributed by atoms with van der Waals surface area (Å²) in [5.74, 6) is 0.633. The molecule has 0 bridgehead atoms. The minimum absolute atomic E-state index is 0.00652. The van der Waals surface area contributed by atoms with Gasteiger partial charge in [-0.1, -0.05) is 29.8 Å². The lowest BCUT2D eigenvalue weighted by atomic mass is 10.2. The second kappa shape index (κ2) is 6.75. The Bertz CT molecular complexity index is 1020. The number of carbonyl (C=O) groups is 1. The number of nitrogens with one attached hydrogen (secondary N) is 1. The fourth-order valence-electron chi connectivity index (χ4n) is 3.16. The number of amides is 1. The molecule has 1 aliphatic rings. The number of fused-ring (bicyclic) bond motifs is 1. The Labute approximate surface area is 151 Å². The molecule has 3 aromatic rings. The number of aryl methyl sites for hydroxylation is 2. The van der Waals surface area contributed by atoms with Crippen LogP contribution in [0.3, 0.4) is 0 Å². The minimum atomic E-state index is -0.0707. The van der Waals surface area contributed by atoms with E-state index in [0.29, 0.717) is 29.6 Å². The number of carbonyl (C=O) groups excluding carboxylic acids is 1. The van der Waals surface area contributed by atoms with E-state index in [-0.39, 0.29) is 17.5 Å². The molecule has 0 unspecified atom stereocenters. The van der Waals surface area contributed by atoms with Gasteiger partial charge in [-0.15, -0.1) is 0 Å². The van der Waals surface area contributed by atoms with Crippen LogP contribution in [0, 0.1) is 6.92 Å². The van der Waals surface area contributed by atoms with Crippen LogP contribution in [-0.2, 0) is 11.2 Å². The largest absolute Gasteiger partial charge is 0.326 e. The van der Waals surface area contributed by atoms with Gasteiger partial charge in [-0.25, -0.2) is 4.98 Å². The van der Waals surface area contributed by atoms with E-state index in [1.54, 1.807) is 4.57 Å². The summed E-state index contributed by atoms with van der Waals surface area (Å²) in [4.78, 5) is 29.8. The molecule has 4 rings (SSSR count). The summed E-state index contributed by atoms with van der Waals surface area (Å²) in [7, 11) is 0. The molecule has 1 saturated carbocycles. The van der Waals surface area contributed by atoms with Crippen LogP contribution < -0.4 is 10.9 Å². The molecule has 5 nitrogen and oxygen atoms in total. The highest BCUT2D eigenvalue weighted by molar-refractivity contribution is 5.90. The third-order valence-electron chi connectivity index (χ3n) is 4.70. The van der Waals surface area contributed by atoms with Crippen LogP contribution >= 0.6 is 0 Å². The normalized spacial score (nSPS) is 13.7. The van der Waals surface area contributed by atoms with E-state index in [1.807, 2.05) is 55.5 Å². The van der Waals surface area contributed by atoms with Gasteiger partial charge in [-0.05, 0) is 44.0 Å². The first kappa shape index (κ1) is 16.5. The van der Waals surface area contributed by atoms with E-state index >= 15 is 0 Å². The number of para-hydroxylation sites is 1. The molecule has 0 saturated heterocycles. The molecule has 0 spiro atoms. The highest BCUT2D eigenvalue weighted by Gasteiger charge is 2.28. The summed E-state index contributed by atoms with van der Waals surface area (Å²) in [6.45, 7) is 2.01. The predicted octanol–water partition coefficient (Wildman–Crippen LogP) is 3.61. The fourth-order valence-corrected chi connectivity index (χ4v) is 3.16. The summed E-state index contributed by atoms with van der Waals surface area (Å²) < 4.78 is 1.79. The maximum absolute atomic E-state index is 12.8. The van der Waals surface area contributed by atoms with Crippen molar-refractivity contribution in [1.29, 1.82) is 0 Å². The van der Waals surface area contributed by atoms with Crippen molar-refractivity contribution in [2.75, 3.05) is 5.32 Å². The van der Waals surface area contributed by atoms with Crippen LogP contribution in [-0.4, -0.2) is 15.5 Å². The SMILES string of the molecule is Cc1ccc(NC(=O)CCc2nc3ccccc3c(=O)n2C2CC2)cc1. The molecule has 26 heavy (non-hydrogen) atoms. The fraction of sp³-hybridized carbons (Fsp3) is 0.286. The number of benzene rings is 2. The zero-order valence-electron chi connectivity index (χ0n) is 14.7. The van der Waals surface area contributed by atoms with Crippen molar-refractivity contribution < 1.29 is 4.79 Å². The Hall–Kier alpha value is -2.95. The van der Waals surface area contributed by atoms with Crippen LogP contribution in [0.2, 0.25) is 0 Å². The molecule has 1 fully saturated rings. The van der Waals surface area contributed by atoms with Gasteiger partial charge in [0.2, 0.25) is 5.91 Å². The highest BCUT2D eigenvalue weighted by Crippen LogP contribution is 2.34. The van der Waals surface area contributed by atoms with Crippen molar-refractivity contribution in [3.05, 3.63) is 70.3 Å². The Morgan fingerprint density at radius 1 is 1.15 bits per heavy atom. The van der Waals surface area contributed by atoms with Crippen molar-refractivity contribution in [3.8, 4) is 0 Å². The molecule has 1 heterocycles. The number of nitrogens with zero attached hydrogens (tertiary/aromatic N) is 2. The van der Waals surface area contributed by atoms with Crippen LogP contribution in [0.15, 0.2) is 53.3 Å². The van der Waals surface area contributed by atoms with Gasteiger partial charge in [0.25, 0.3) is 5.56 Å². The van der Waals surface area contributed by atoms with Crippen molar-refractivity contribution in [2.45, 2.75) is 38.6 Å². The quantitative estimate of drug-likeness (QED) is 0.767. The first-order valence-corrected chi connectivity index (χ1v) is 8.98. The summed E-state index contributed by atoms with van der Waals surface area (Å²) in [6, 6.07) is 15.3. The van der Waals surface area contributed by atoms with E-state index < -0.39 is 0 Å². The molecule has 1 N–H and O–H groups in total. The third kappa shape index (κ3) is 3.38. The Morgan fingerprint density at radius 3 is 2.62 bits per heavy atom. The van der Waals surface area contributed by atoms with Gasteiger partial charge >= 0.3 is 0 Å². The molecule has 0 atom stereocenters. The van der Waals surface area contributed by atoms with E-state index in [1.165, 1.54) is 0 Å². The van der Waals surface area contributed by atoms with E-state index in [4.69, 9.17) is 0 Å². The van der Waals surface area contributed by atoms with Gasteiger partial charge in [0.05, 0.1) is 10.9 Å². The maximum Gasteiger partial charge on any atom is 0.261 e. The van der Waals surface area contributed by atoms with Crippen LogP contribution in [0.1, 0.15) is 36.7 Å². The molecule has 5 heteroatoms. The van der Waals surface area contributed by atoms with Gasteiger partial charge in [-0.2, -0.15) is 0 Å². The number of anilines is 1. The van der Waals surface area contributed by atoms with Crippen molar-refractivity contribution >= 4 is 22.5 Å². The first-order valence-electron chi connectivity index (χ1n) is 8.98. The van der Waals surface area contributed by atoms with Crippen molar-refractivity contribution in [1.82, 2.24) is 9.55 Å². The minimum Gasteiger partial charge on any atom is -0.326 e. The summed E-state index contributed by atoms with van der Waals surface area (Å²) in [5, 5.41) is 3.55.